The Balaban J connectivity index is 2.03. The van der Waals surface area contributed by atoms with Crippen molar-refractivity contribution < 1.29 is 17.9 Å². The topological polar surface area (TPSA) is 66.9 Å². The largest absolute Gasteiger partial charge is 0.497 e. The van der Waals surface area contributed by atoms with Gasteiger partial charge in [0.25, 0.3) is 0 Å². The van der Waals surface area contributed by atoms with Crippen molar-refractivity contribution in [2.75, 3.05) is 27.7 Å². The second-order valence-corrected chi connectivity index (χ2v) is 8.28. The summed E-state index contributed by atoms with van der Waals surface area (Å²) in [6.07, 6.45) is 5.46. The zero-order valence-corrected chi connectivity index (χ0v) is 15.4. The Morgan fingerprint density at radius 3 is 2.25 bits per heavy atom. The lowest BCUT2D eigenvalue weighted by molar-refractivity contribution is -0.132. The van der Waals surface area contributed by atoms with Crippen LogP contribution in [-0.4, -0.2) is 57.3 Å². The van der Waals surface area contributed by atoms with Crippen LogP contribution in [0.4, 0.5) is 0 Å². The molecule has 0 radical (unpaired) electrons. The van der Waals surface area contributed by atoms with Crippen molar-refractivity contribution in [1.29, 1.82) is 0 Å². The van der Waals surface area contributed by atoms with Gasteiger partial charge in [-0.2, -0.15) is 4.31 Å². The van der Waals surface area contributed by atoms with E-state index in [4.69, 9.17) is 4.74 Å². The van der Waals surface area contributed by atoms with Crippen molar-refractivity contribution in [1.82, 2.24) is 9.21 Å². The van der Waals surface area contributed by atoms with E-state index in [-0.39, 0.29) is 23.4 Å². The third-order valence-corrected chi connectivity index (χ3v) is 6.46. The maximum Gasteiger partial charge on any atom is 0.243 e. The molecule has 0 aromatic heterocycles. The number of carbonyl (C=O) groups is 1. The second kappa shape index (κ2) is 7.98. The molecule has 0 saturated heterocycles. The first-order chi connectivity index (χ1) is 11.4. The molecule has 0 aliphatic heterocycles. The van der Waals surface area contributed by atoms with Crippen molar-refractivity contribution in [2.24, 2.45) is 0 Å². The van der Waals surface area contributed by atoms with Crippen molar-refractivity contribution in [3.63, 3.8) is 0 Å². The minimum Gasteiger partial charge on any atom is -0.497 e. The van der Waals surface area contributed by atoms with Crippen LogP contribution in [0.15, 0.2) is 29.2 Å². The molecular weight excluding hydrogens is 328 g/mol. The fourth-order valence-electron chi connectivity index (χ4n) is 2.99. The Morgan fingerprint density at radius 1 is 1.12 bits per heavy atom. The molecule has 0 unspecified atom stereocenters. The molecule has 1 aromatic rings. The number of hydrogen-bond donors (Lipinski definition) is 0. The average molecular weight is 354 g/mol. The summed E-state index contributed by atoms with van der Waals surface area (Å²) in [5.74, 6) is 0.422. The Kier molecular flexibility index (Phi) is 6.23. The van der Waals surface area contributed by atoms with Crippen LogP contribution in [0, 0.1) is 0 Å². The van der Waals surface area contributed by atoms with Gasteiger partial charge < -0.3 is 9.64 Å². The molecule has 1 amide bonds. The van der Waals surface area contributed by atoms with E-state index in [9.17, 15) is 13.2 Å². The number of ether oxygens (including phenoxy) is 1. The van der Waals surface area contributed by atoms with Gasteiger partial charge in [0.15, 0.2) is 0 Å². The summed E-state index contributed by atoms with van der Waals surface area (Å²) in [6, 6.07) is 6.39. The van der Waals surface area contributed by atoms with Crippen LogP contribution in [0.1, 0.15) is 32.1 Å². The lowest BCUT2D eigenvalue weighted by Crippen LogP contribution is -2.44. The summed E-state index contributed by atoms with van der Waals surface area (Å²) < 4.78 is 31.3. The van der Waals surface area contributed by atoms with E-state index >= 15 is 0 Å². The van der Waals surface area contributed by atoms with Crippen LogP contribution in [0.2, 0.25) is 0 Å². The monoisotopic (exact) mass is 354 g/mol. The van der Waals surface area contributed by atoms with Gasteiger partial charge in [-0.15, -0.1) is 0 Å². The van der Waals surface area contributed by atoms with Crippen LogP contribution >= 0.6 is 0 Å². The molecule has 24 heavy (non-hydrogen) atoms. The normalized spacial score (nSPS) is 16.2. The summed E-state index contributed by atoms with van der Waals surface area (Å²) in [4.78, 5) is 14.3. The standard InChI is InChI=1S/C17H26N2O4S/c1-18(13-17(20)19(2)14-7-5-4-6-8-14)24(21,22)16-11-9-15(23-3)10-12-16/h9-12,14H,4-8,13H2,1-3H3. The molecule has 1 aromatic carbocycles. The summed E-state index contributed by atoms with van der Waals surface area (Å²) in [7, 11) is 1.04. The first-order valence-electron chi connectivity index (χ1n) is 8.22. The fraction of sp³-hybridized carbons (Fsp3) is 0.588. The minimum absolute atomic E-state index is 0.151. The third-order valence-electron chi connectivity index (χ3n) is 4.64. The molecule has 0 spiro atoms. The molecular formula is C17H26N2O4S. The number of methoxy groups -OCH3 is 1. The van der Waals surface area contributed by atoms with Gasteiger partial charge in [-0.1, -0.05) is 19.3 Å². The maximum atomic E-state index is 12.6. The molecule has 2 rings (SSSR count). The van der Waals surface area contributed by atoms with Crippen molar-refractivity contribution >= 4 is 15.9 Å². The van der Waals surface area contributed by atoms with Crippen LogP contribution in [-0.2, 0) is 14.8 Å². The number of sulfonamides is 1. The second-order valence-electron chi connectivity index (χ2n) is 6.23. The SMILES string of the molecule is COc1ccc(S(=O)(=O)N(C)CC(=O)N(C)C2CCCCC2)cc1. The van der Waals surface area contributed by atoms with Crippen molar-refractivity contribution in [3.05, 3.63) is 24.3 Å². The van der Waals surface area contributed by atoms with Gasteiger partial charge in [-0.3, -0.25) is 4.79 Å². The molecule has 0 bridgehead atoms. The molecule has 1 fully saturated rings. The molecule has 7 heteroatoms. The Morgan fingerprint density at radius 2 is 1.71 bits per heavy atom. The highest BCUT2D eigenvalue weighted by molar-refractivity contribution is 7.89. The van der Waals surface area contributed by atoms with E-state index in [2.05, 4.69) is 0 Å². The molecule has 0 N–H and O–H groups in total. The van der Waals surface area contributed by atoms with E-state index in [0.29, 0.717) is 5.75 Å². The maximum absolute atomic E-state index is 12.6. The number of benzene rings is 1. The van der Waals surface area contributed by atoms with Gasteiger partial charge in [0.2, 0.25) is 15.9 Å². The number of nitrogens with zero attached hydrogens (tertiary/aromatic N) is 2. The Labute approximate surface area is 144 Å². The number of rotatable bonds is 6. The minimum atomic E-state index is -3.69. The smallest absolute Gasteiger partial charge is 0.243 e. The van der Waals surface area contributed by atoms with Crippen LogP contribution < -0.4 is 4.74 Å². The van der Waals surface area contributed by atoms with Crippen LogP contribution in [0.25, 0.3) is 0 Å². The van der Waals surface area contributed by atoms with Gasteiger partial charge in [0, 0.05) is 20.1 Å². The molecule has 1 aliphatic rings. The molecule has 1 aliphatic carbocycles. The molecule has 1 saturated carbocycles. The summed E-state index contributed by atoms with van der Waals surface area (Å²) >= 11 is 0. The first-order valence-corrected chi connectivity index (χ1v) is 9.66. The quantitative estimate of drug-likeness (QED) is 0.785. The lowest BCUT2D eigenvalue weighted by Gasteiger charge is -2.32. The highest BCUT2D eigenvalue weighted by Crippen LogP contribution is 2.22. The van der Waals surface area contributed by atoms with Gasteiger partial charge in [-0.05, 0) is 37.1 Å². The first kappa shape index (κ1) is 18.7. The predicted octanol–water partition coefficient (Wildman–Crippen LogP) is 2.11. The van der Waals surface area contributed by atoms with E-state index in [1.165, 1.54) is 32.7 Å². The highest BCUT2D eigenvalue weighted by atomic mass is 32.2. The molecule has 0 heterocycles. The number of carbonyl (C=O) groups excluding carboxylic acids is 1. The third kappa shape index (κ3) is 4.27. The van der Waals surface area contributed by atoms with E-state index in [1.807, 2.05) is 0 Å². The summed E-state index contributed by atoms with van der Waals surface area (Å²) in [5.41, 5.74) is 0. The molecule has 134 valence electrons. The number of amides is 1. The van der Waals surface area contributed by atoms with E-state index < -0.39 is 10.0 Å². The van der Waals surface area contributed by atoms with E-state index in [0.717, 1.165) is 30.0 Å². The zero-order chi connectivity index (χ0) is 17.7. The van der Waals surface area contributed by atoms with Gasteiger partial charge in [-0.25, -0.2) is 8.42 Å². The average Bonchev–Trinajstić information content (AvgIpc) is 2.61. The molecule has 6 nitrogen and oxygen atoms in total. The zero-order valence-electron chi connectivity index (χ0n) is 14.6. The highest BCUT2D eigenvalue weighted by Gasteiger charge is 2.27. The van der Waals surface area contributed by atoms with Gasteiger partial charge in [0.1, 0.15) is 5.75 Å². The van der Waals surface area contributed by atoms with Gasteiger partial charge >= 0.3 is 0 Å². The fourth-order valence-corrected chi connectivity index (χ4v) is 4.11. The predicted molar refractivity (Wildman–Crippen MR) is 92.5 cm³/mol. The number of hydrogen-bond acceptors (Lipinski definition) is 4. The van der Waals surface area contributed by atoms with Crippen molar-refractivity contribution in [3.8, 4) is 5.75 Å². The van der Waals surface area contributed by atoms with Crippen LogP contribution in [0.5, 0.6) is 5.75 Å². The summed E-state index contributed by atoms with van der Waals surface area (Å²) in [6.45, 7) is -0.151. The van der Waals surface area contributed by atoms with Crippen molar-refractivity contribution in [2.45, 2.75) is 43.0 Å². The Hall–Kier alpha value is -1.60. The summed E-state index contributed by atoms with van der Waals surface area (Å²) in [5, 5.41) is 0. The molecule has 0 atom stereocenters. The van der Waals surface area contributed by atoms with E-state index in [1.54, 1.807) is 24.1 Å². The van der Waals surface area contributed by atoms with Crippen LogP contribution in [0.3, 0.4) is 0 Å². The number of likely N-dealkylation sites (N-methyl/N-ethyl adjacent to an activating group) is 2. The lowest BCUT2D eigenvalue weighted by atomic mass is 9.94. The van der Waals surface area contributed by atoms with Gasteiger partial charge in [0.05, 0.1) is 18.6 Å². The Bertz CT molecular complexity index is 652.